The molecule has 1 saturated heterocycles. The van der Waals surface area contributed by atoms with E-state index in [1.807, 2.05) is 33.8 Å². The first-order valence-electron chi connectivity index (χ1n) is 6.96. The van der Waals surface area contributed by atoms with Crippen molar-refractivity contribution in [3.63, 3.8) is 0 Å². The molecule has 2 fully saturated rings. The fraction of sp³-hybridized carbons (Fsp3) is 0.643. The van der Waals surface area contributed by atoms with Crippen LogP contribution in [0.3, 0.4) is 0 Å². The maximum absolute atomic E-state index is 6.34. The topological polar surface area (TPSA) is 57.4 Å². The minimum Gasteiger partial charge on any atom is -0.399 e. The highest BCUT2D eigenvalue weighted by molar-refractivity contribution is 6.66. The van der Waals surface area contributed by atoms with Crippen LogP contribution in [-0.4, -0.2) is 23.3 Å². The molecule has 20 heavy (non-hydrogen) atoms. The highest BCUT2D eigenvalue weighted by Gasteiger charge is 2.54. The van der Waals surface area contributed by atoms with E-state index in [9.17, 15) is 0 Å². The number of aromatic nitrogens is 1. The zero-order valence-corrected chi connectivity index (χ0v) is 13.1. The van der Waals surface area contributed by atoms with Crippen LogP contribution in [0.4, 0.5) is 0 Å². The van der Waals surface area contributed by atoms with Gasteiger partial charge in [0.05, 0.1) is 11.2 Å². The lowest BCUT2D eigenvalue weighted by Crippen LogP contribution is -2.41. The Balaban J connectivity index is 2.04. The molecular formula is C14H20BClN2O2. The van der Waals surface area contributed by atoms with Crippen molar-refractivity contribution >= 4 is 24.2 Å². The van der Waals surface area contributed by atoms with Crippen LogP contribution in [-0.2, 0) is 14.8 Å². The summed E-state index contributed by atoms with van der Waals surface area (Å²) in [5.41, 5.74) is 7.02. The van der Waals surface area contributed by atoms with Crippen molar-refractivity contribution < 1.29 is 9.31 Å². The van der Waals surface area contributed by atoms with Gasteiger partial charge < -0.3 is 15.0 Å². The van der Waals surface area contributed by atoms with Crippen molar-refractivity contribution in [3.05, 3.63) is 23.0 Å². The van der Waals surface area contributed by atoms with E-state index in [0.29, 0.717) is 5.15 Å². The molecule has 0 bridgehead atoms. The van der Waals surface area contributed by atoms with E-state index in [0.717, 1.165) is 23.9 Å². The number of hydrogen-bond acceptors (Lipinski definition) is 4. The van der Waals surface area contributed by atoms with Gasteiger partial charge in [-0.25, -0.2) is 4.98 Å². The predicted molar refractivity (Wildman–Crippen MR) is 80.1 cm³/mol. The van der Waals surface area contributed by atoms with Gasteiger partial charge >= 0.3 is 7.12 Å². The Hall–Kier alpha value is -0.615. The number of nitrogens with two attached hydrogens (primary N) is 1. The van der Waals surface area contributed by atoms with Crippen molar-refractivity contribution in [1.29, 1.82) is 0 Å². The third-order valence-electron chi connectivity index (χ3n) is 4.76. The Labute approximate surface area is 125 Å². The summed E-state index contributed by atoms with van der Waals surface area (Å²) in [5, 5.41) is 0.415. The largest absolute Gasteiger partial charge is 0.498 e. The number of halogens is 1. The summed E-state index contributed by atoms with van der Waals surface area (Å²) in [6.45, 7) is 8.08. The van der Waals surface area contributed by atoms with Crippen LogP contribution in [0.25, 0.3) is 0 Å². The maximum Gasteiger partial charge on any atom is 0.498 e. The second-order valence-corrected chi connectivity index (χ2v) is 7.17. The van der Waals surface area contributed by atoms with Gasteiger partial charge in [-0.2, -0.15) is 0 Å². The Morgan fingerprint density at radius 2 is 1.75 bits per heavy atom. The summed E-state index contributed by atoms with van der Waals surface area (Å²) in [6.07, 6.45) is 3.61. The van der Waals surface area contributed by atoms with Gasteiger partial charge in [0.25, 0.3) is 0 Å². The van der Waals surface area contributed by atoms with E-state index in [1.54, 1.807) is 6.20 Å². The second kappa shape index (κ2) is 4.20. The van der Waals surface area contributed by atoms with Crippen molar-refractivity contribution in [3.8, 4) is 0 Å². The number of hydrogen-bond donors (Lipinski definition) is 1. The summed E-state index contributed by atoms with van der Waals surface area (Å²) in [6, 6.07) is 1.93. The minimum absolute atomic E-state index is 0.300. The molecule has 0 aromatic carbocycles. The van der Waals surface area contributed by atoms with Crippen LogP contribution in [0.2, 0.25) is 5.15 Å². The highest BCUT2D eigenvalue weighted by Crippen LogP contribution is 2.44. The Kier molecular flexibility index (Phi) is 3.01. The van der Waals surface area contributed by atoms with Gasteiger partial charge in [0.15, 0.2) is 0 Å². The predicted octanol–water partition coefficient (Wildman–Crippen LogP) is 1.98. The number of nitrogens with zero attached hydrogens (tertiary/aromatic N) is 1. The molecular weight excluding hydrogens is 274 g/mol. The SMILES string of the molecule is CC1(C)OB(c2c(C3(N)CC3)ccnc2Cl)OC1(C)C. The van der Waals surface area contributed by atoms with Gasteiger partial charge in [-0.15, -0.1) is 0 Å². The van der Waals surface area contributed by atoms with E-state index >= 15 is 0 Å². The van der Waals surface area contributed by atoms with Gasteiger partial charge in [0.1, 0.15) is 5.15 Å². The standard InChI is InChI=1S/C14H20BClN2O2/c1-12(2)13(3,4)20-15(19-12)10-9(14(17)6-7-14)5-8-18-11(10)16/h5,8H,6-7,17H2,1-4H3. The van der Waals surface area contributed by atoms with E-state index in [1.165, 1.54) is 0 Å². The molecule has 0 unspecified atom stereocenters. The molecule has 0 radical (unpaired) electrons. The summed E-state index contributed by atoms with van der Waals surface area (Å²) in [5.74, 6) is 0. The van der Waals surface area contributed by atoms with E-state index in [-0.39, 0.29) is 5.54 Å². The summed E-state index contributed by atoms with van der Waals surface area (Å²) in [7, 11) is -0.516. The Bertz CT molecular complexity index is 542. The molecule has 108 valence electrons. The van der Waals surface area contributed by atoms with Crippen molar-refractivity contribution in [2.24, 2.45) is 5.73 Å². The maximum atomic E-state index is 6.34. The molecule has 1 saturated carbocycles. The molecule has 4 nitrogen and oxygen atoms in total. The summed E-state index contributed by atoms with van der Waals surface area (Å²) in [4.78, 5) is 4.17. The van der Waals surface area contributed by atoms with Crippen LogP contribution in [0.15, 0.2) is 12.3 Å². The molecule has 1 aliphatic heterocycles. The molecule has 0 atom stereocenters. The van der Waals surface area contributed by atoms with Crippen LogP contribution in [0, 0.1) is 0 Å². The molecule has 1 aromatic heterocycles. The van der Waals surface area contributed by atoms with Gasteiger partial charge in [-0.3, -0.25) is 0 Å². The van der Waals surface area contributed by atoms with Crippen LogP contribution in [0.1, 0.15) is 46.1 Å². The molecule has 3 rings (SSSR count). The summed E-state index contributed by atoms with van der Waals surface area (Å²) < 4.78 is 12.2. The molecule has 6 heteroatoms. The normalized spacial score (nSPS) is 25.8. The van der Waals surface area contributed by atoms with Gasteiger partial charge in [-0.05, 0) is 52.2 Å². The lowest BCUT2D eigenvalue weighted by Gasteiger charge is -2.32. The zero-order chi connectivity index (χ0) is 14.8. The van der Waals surface area contributed by atoms with Crippen LogP contribution >= 0.6 is 11.6 Å². The third kappa shape index (κ3) is 2.08. The lowest BCUT2D eigenvalue weighted by atomic mass is 9.75. The van der Waals surface area contributed by atoms with Crippen LogP contribution in [0.5, 0.6) is 0 Å². The van der Waals surface area contributed by atoms with E-state index in [2.05, 4.69) is 4.98 Å². The van der Waals surface area contributed by atoms with Crippen LogP contribution < -0.4 is 11.2 Å². The monoisotopic (exact) mass is 294 g/mol. The average Bonchev–Trinajstić information content (AvgIpc) is 3.01. The van der Waals surface area contributed by atoms with Crippen molar-refractivity contribution in [1.82, 2.24) is 4.98 Å². The third-order valence-corrected chi connectivity index (χ3v) is 5.06. The smallest absolute Gasteiger partial charge is 0.399 e. The first-order valence-corrected chi connectivity index (χ1v) is 7.33. The minimum atomic E-state index is -0.516. The molecule has 0 amide bonds. The first-order chi connectivity index (χ1) is 9.16. The highest BCUT2D eigenvalue weighted by atomic mass is 35.5. The fourth-order valence-corrected chi connectivity index (χ4v) is 2.72. The van der Waals surface area contributed by atoms with Gasteiger partial charge in [0.2, 0.25) is 0 Å². The number of rotatable bonds is 2. The van der Waals surface area contributed by atoms with Gasteiger partial charge in [-0.1, -0.05) is 11.6 Å². The first kappa shape index (κ1) is 14.3. The molecule has 1 aromatic rings. The Morgan fingerprint density at radius 3 is 2.25 bits per heavy atom. The molecule has 2 heterocycles. The molecule has 1 aliphatic carbocycles. The zero-order valence-electron chi connectivity index (χ0n) is 12.4. The fourth-order valence-electron chi connectivity index (χ4n) is 2.47. The van der Waals surface area contributed by atoms with Crippen molar-refractivity contribution in [2.75, 3.05) is 0 Å². The number of pyridine rings is 1. The Morgan fingerprint density at radius 1 is 1.20 bits per heavy atom. The quantitative estimate of drug-likeness (QED) is 0.669. The van der Waals surface area contributed by atoms with Crippen molar-refractivity contribution in [2.45, 2.75) is 57.3 Å². The van der Waals surface area contributed by atoms with Gasteiger partial charge in [0, 0.05) is 17.2 Å². The average molecular weight is 295 g/mol. The van der Waals surface area contributed by atoms with E-state index in [4.69, 9.17) is 26.6 Å². The molecule has 2 N–H and O–H groups in total. The lowest BCUT2D eigenvalue weighted by molar-refractivity contribution is 0.00578. The summed E-state index contributed by atoms with van der Waals surface area (Å²) >= 11 is 6.30. The van der Waals surface area contributed by atoms with E-state index < -0.39 is 18.3 Å². The molecule has 2 aliphatic rings. The molecule has 0 spiro atoms. The second-order valence-electron chi connectivity index (χ2n) is 6.81.